The van der Waals surface area contributed by atoms with Crippen molar-refractivity contribution in [2.75, 3.05) is 5.73 Å². The highest BCUT2D eigenvalue weighted by molar-refractivity contribution is 7.63. The minimum absolute atomic E-state index is 0.153. The Balaban J connectivity index is 3.65. The molecule has 1 aromatic rings. The summed E-state index contributed by atoms with van der Waals surface area (Å²) in [4.78, 5) is 5.85. The van der Waals surface area contributed by atoms with Crippen molar-refractivity contribution >= 4 is 16.1 Å². The lowest BCUT2D eigenvalue weighted by Crippen LogP contribution is -1.91. The van der Waals surface area contributed by atoms with E-state index in [4.69, 9.17) is 5.73 Å². The zero-order chi connectivity index (χ0) is 7.56. The summed E-state index contributed by atoms with van der Waals surface area (Å²) in [5.74, 6) is 0.272. The van der Waals surface area contributed by atoms with Crippen LogP contribution in [-0.2, 0) is 10.3 Å². The van der Waals surface area contributed by atoms with Gasteiger partial charge in [0.1, 0.15) is 5.82 Å². The third-order valence-electron chi connectivity index (χ3n) is 0.855. The number of hydrogen-bond donors (Lipinski definition) is 2. The number of nitrogens with zero attached hydrogens (tertiary/aromatic N) is 1. The molecule has 1 rings (SSSR count). The first-order chi connectivity index (χ1) is 4.70. The highest BCUT2D eigenvalue weighted by Gasteiger charge is 1.83. The van der Waals surface area contributed by atoms with E-state index in [1.54, 1.807) is 0 Å². The van der Waals surface area contributed by atoms with Gasteiger partial charge in [0, 0.05) is 6.20 Å². The maximum atomic E-state index is 10.2. The van der Waals surface area contributed by atoms with Crippen molar-refractivity contribution in [1.29, 1.82) is 0 Å². The molecule has 0 spiro atoms. The Morgan fingerprint density at radius 2 is 2.30 bits per heavy atom. The third-order valence-corrected chi connectivity index (χ3v) is 1.38. The van der Waals surface area contributed by atoms with E-state index in [0.29, 0.717) is 0 Å². The third kappa shape index (κ3) is 1.35. The van der Waals surface area contributed by atoms with Crippen LogP contribution in [0, 0.1) is 4.77 Å². The largest absolute Gasteiger partial charge is 0.385 e. The van der Waals surface area contributed by atoms with Crippen molar-refractivity contribution < 1.29 is 8.42 Å². The molecule has 0 atom stereocenters. The normalized spacial score (nSPS) is 9.20. The van der Waals surface area contributed by atoms with Crippen LogP contribution in [0.2, 0.25) is 0 Å². The van der Waals surface area contributed by atoms with Crippen molar-refractivity contribution in [1.82, 2.24) is 9.97 Å². The van der Waals surface area contributed by atoms with Crippen molar-refractivity contribution in [2.24, 2.45) is 0 Å². The lowest BCUT2D eigenvalue weighted by Gasteiger charge is -1.86. The minimum Gasteiger partial charge on any atom is -0.385 e. The predicted octanol–water partition coefficient (Wildman–Crippen LogP) is -0.597. The number of anilines is 1. The average molecular weight is 159 g/mol. The van der Waals surface area contributed by atoms with Crippen LogP contribution in [0.4, 0.5) is 5.82 Å². The number of H-pyrrole nitrogens is 1. The van der Waals surface area contributed by atoms with Gasteiger partial charge in [-0.1, -0.05) is 0 Å². The van der Waals surface area contributed by atoms with Gasteiger partial charge in [0.15, 0.2) is 0 Å². The van der Waals surface area contributed by atoms with Crippen LogP contribution in [-0.4, -0.2) is 18.4 Å². The molecule has 0 bridgehead atoms. The fourth-order valence-electron chi connectivity index (χ4n) is 0.467. The summed E-state index contributed by atoms with van der Waals surface area (Å²) in [5.41, 5.74) is 5.23. The molecule has 0 saturated heterocycles. The Bertz CT molecular complexity index is 383. The van der Waals surface area contributed by atoms with Gasteiger partial charge in [-0.15, -0.1) is 0 Å². The molecule has 0 saturated carbocycles. The van der Waals surface area contributed by atoms with E-state index in [2.05, 4.69) is 9.97 Å². The van der Waals surface area contributed by atoms with Gasteiger partial charge < -0.3 is 10.7 Å². The second-order valence-electron chi connectivity index (χ2n) is 1.57. The predicted molar refractivity (Wildman–Crippen MR) is 35.2 cm³/mol. The summed E-state index contributed by atoms with van der Waals surface area (Å²) >= 11 is 0. The topological polar surface area (TPSA) is 88.8 Å². The molecule has 6 heteroatoms. The first-order valence-corrected chi connectivity index (χ1v) is 3.50. The second kappa shape index (κ2) is 2.53. The van der Waals surface area contributed by atoms with Gasteiger partial charge in [-0.05, 0) is 6.07 Å². The number of nitrogens with one attached hydrogen (secondary N) is 1. The quantitative estimate of drug-likeness (QED) is 0.495. The maximum Gasteiger partial charge on any atom is 0.258 e. The Hall–Kier alpha value is -1.30. The van der Waals surface area contributed by atoms with Gasteiger partial charge in [0.05, 0.1) is 0 Å². The van der Waals surface area contributed by atoms with Crippen molar-refractivity contribution in [2.45, 2.75) is 0 Å². The zero-order valence-electron chi connectivity index (χ0n) is 4.90. The molecule has 1 aromatic heterocycles. The molecule has 54 valence electrons. The summed E-state index contributed by atoms with van der Waals surface area (Å²) in [7, 11) is -2.34. The lowest BCUT2D eigenvalue weighted by atomic mass is 10.6. The monoisotopic (exact) mass is 159 g/mol. The summed E-state index contributed by atoms with van der Waals surface area (Å²) in [6.07, 6.45) is 1.32. The van der Waals surface area contributed by atoms with Crippen LogP contribution in [0.1, 0.15) is 0 Å². The van der Waals surface area contributed by atoms with E-state index in [9.17, 15) is 8.42 Å². The van der Waals surface area contributed by atoms with E-state index in [1.807, 2.05) is 0 Å². The van der Waals surface area contributed by atoms with Gasteiger partial charge in [-0.2, -0.15) is 8.42 Å². The van der Waals surface area contributed by atoms with Crippen molar-refractivity contribution in [3.05, 3.63) is 17.0 Å². The molecule has 0 fully saturated rings. The smallest absolute Gasteiger partial charge is 0.258 e. The van der Waals surface area contributed by atoms with Crippen LogP contribution in [0.25, 0.3) is 0 Å². The van der Waals surface area contributed by atoms with Crippen molar-refractivity contribution in [3.63, 3.8) is 0 Å². The van der Waals surface area contributed by atoms with Gasteiger partial charge in [0.25, 0.3) is 15.1 Å². The van der Waals surface area contributed by atoms with Crippen LogP contribution >= 0.6 is 0 Å². The Morgan fingerprint density at radius 3 is 2.70 bits per heavy atom. The average Bonchev–Trinajstić information content (AvgIpc) is 1.88. The standard InChI is InChI=1S/C4H5N3O2S/c5-3-1-2-6-4(7-3)10(8)9/h1-2,7H,5H2. The Kier molecular flexibility index (Phi) is 1.72. The first-order valence-electron chi connectivity index (χ1n) is 2.43. The highest BCUT2D eigenvalue weighted by Crippen LogP contribution is 1.88. The van der Waals surface area contributed by atoms with E-state index in [1.165, 1.54) is 12.3 Å². The van der Waals surface area contributed by atoms with E-state index < -0.39 is 10.3 Å². The van der Waals surface area contributed by atoms with Crippen molar-refractivity contribution in [3.8, 4) is 0 Å². The molecule has 0 amide bonds. The molecule has 0 aromatic carbocycles. The van der Waals surface area contributed by atoms with Crippen LogP contribution in [0.3, 0.4) is 0 Å². The molecule has 1 heterocycles. The Labute approximate surface area is 58.1 Å². The van der Waals surface area contributed by atoms with Gasteiger partial charge in [-0.25, -0.2) is 4.98 Å². The molecular formula is C4H5N3O2S. The molecule has 10 heavy (non-hydrogen) atoms. The summed E-state index contributed by atoms with van der Waals surface area (Å²) in [6, 6.07) is 1.47. The SMILES string of the molecule is Nc1ccnc(=S(=O)=O)[nH]1. The first kappa shape index (κ1) is 6.81. The zero-order valence-corrected chi connectivity index (χ0v) is 5.72. The van der Waals surface area contributed by atoms with Gasteiger partial charge >= 0.3 is 0 Å². The van der Waals surface area contributed by atoms with E-state index >= 15 is 0 Å². The molecular weight excluding hydrogens is 154 g/mol. The second-order valence-corrected chi connectivity index (χ2v) is 2.42. The molecule has 0 radical (unpaired) electrons. The Morgan fingerprint density at radius 1 is 1.60 bits per heavy atom. The van der Waals surface area contributed by atoms with Crippen LogP contribution in [0.15, 0.2) is 12.3 Å². The number of rotatable bonds is 0. The number of hydrogen-bond acceptors (Lipinski definition) is 4. The molecule has 5 nitrogen and oxygen atoms in total. The number of aromatic nitrogens is 2. The van der Waals surface area contributed by atoms with Crippen LogP contribution in [0.5, 0.6) is 0 Å². The number of nitrogen functional groups attached to an aromatic ring is 1. The van der Waals surface area contributed by atoms with E-state index in [0.717, 1.165) is 0 Å². The molecule has 0 unspecified atom stereocenters. The fourth-order valence-corrected chi connectivity index (χ4v) is 0.815. The highest BCUT2D eigenvalue weighted by atomic mass is 32.2. The number of nitrogens with two attached hydrogens (primary N) is 1. The van der Waals surface area contributed by atoms with Crippen LogP contribution < -0.4 is 5.73 Å². The van der Waals surface area contributed by atoms with Gasteiger partial charge in [0.2, 0.25) is 0 Å². The molecule has 0 aliphatic rings. The molecule has 0 aliphatic heterocycles. The molecule has 0 aliphatic carbocycles. The maximum absolute atomic E-state index is 10.2. The number of aromatic amines is 1. The lowest BCUT2D eigenvalue weighted by molar-refractivity contribution is 0.623. The molecule has 3 N–H and O–H groups in total. The fraction of sp³-hybridized carbons (Fsp3) is 0. The summed E-state index contributed by atoms with van der Waals surface area (Å²) in [5, 5.41) is 0. The summed E-state index contributed by atoms with van der Waals surface area (Å²) < 4.78 is 20.3. The summed E-state index contributed by atoms with van der Waals surface area (Å²) in [6.45, 7) is 0. The minimum atomic E-state index is -2.34. The van der Waals surface area contributed by atoms with E-state index in [-0.39, 0.29) is 10.6 Å². The van der Waals surface area contributed by atoms with Gasteiger partial charge in [-0.3, -0.25) is 0 Å².